The van der Waals surface area contributed by atoms with E-state index in [0.29, 0.717) is 0 Å². The monoisotopic (exact) mass is 484 g/mol. The van der Waals surface area contributed by atoms with Gasteiger partial charge in [0.1, 0.15) is 5.75 Å². The number of aromatic hydroxyl groups is 1. The molecule has 0 aliphatic rings. The van der Waals surface area contributed by atoms with E-state index in [4.69, 9.17) is 4.43 Å². The lowest BCUT2D eigenvalue weighted by Crippen LogP contribution is -2.42. The molecule has 0 radical (unpaired) electrons. The predicted octanol–water partition coefficient (Wildman–Crippen LogP) is 8.32. The van der Waals surface area contributed by atoms with Gasteiger partial charge in [0.2, 0.25) is 0 Å². The van der Waals surface area contributed by atoms with Gasteiger partial charge in [0.25, 0.3) is 8.32 Å². The Hall–Kier alpha value is -3.37. The quantitative estimate of drug-likeness (QED) is 0.208. The third-order valence-electron chi connectivity index (χ3n) is 6.71. The van der Waals surface area contributed by atoms with Crippen LogP contribution in [0.5, 0.6) is 5.75 Å². The number of hydrogen-bond donors (Lipinski definition) is 1. The first-order valence-corrected chi connectivity index (χ1v) is 15.0. The molecule has 0 aromatic heterocycles. The minimum atomic E-state index is -2.15. The molecule has 0 bridgehead atoms. The molecule has 0 unspecified atom stereocenters. The number of allylic oxidation sites excluding steroid dienone is 1. The van der Waals surface area contributed by atoms with Gasteiger partial charge in [-0.3, -0.25) is 0 Å². The first kappa shape index (κ1) is 26.2. The second-order valence-corrected chi connectivity index (χ2v) is 15.0. The summed E-state index contributed by atoms with van der Waals surface area (Å²) in [5.41, 5.74) is 6.60. The van der Waals surface area contributed by atoms with Crippen molar-refractivity contribution in [2.24, 2.45) is 0 Å². The van der Waals surface area contributed by atoms with Crippen molar-refractivity contribution in [2.75, 3.05) is 0 Å². The molecule has 3 aromatic carbocycles. The van der Waals surface area contributed by atoms with Crippen LogP contribution in [0, 0.1) is 0 Å². The highest BCUT2D eigenvalue weighted by Gasteiger charge is 2.39. The maximum absolute atomic E-state index is 12.4. The van der Waals surface area contributed by atoms with E-state index in [1.165, 1.54) is 17.2 Å². The van der Waals surface area contributed by atoms with Crippen LogP contribution in [0.25, 0.3) is 17.2 Å². The van der Waals surface area contributed by atoms with E-state index >= 15 is 0 Å². The molecule has 0 spiro atoms. The normalized spacial score (nSPS) is 13.0. The zero-order valence-corrected chi connectivity index (χ0v) is 22.6. The number of hydrogen-bond acceptors (Lipinski definition) is 3. The Balaban J connectivity index is 1.94. The summed E-state index contributed by atoms with van der Waals surface area (Å²) >= 11 is 0. The molecule has 3 nitrogen and oxygen atoms in total. The molecular weight excluding hydrogens is 448 g/mol. The maximum atomic E-state index is 12.4. The third kappa shape index (κ3) is 6.61. The van der Waals surface area contributed by atoms with Crippen molar-refractivity contribution in [3.63, 3.8) is 0 Å². The molecular formula is C31H36O3Si. The van der Waals surface area contributed by atoms with Gasteiger partial charge in [0.15, 0.2) is 0 Å². The number of carbonyl (C=O) groups is 1. The van der Waals surface area contributed by atoms with Crippen LogP contribution in [0.15, 0.2) is 84.9 Å². The summed E-state index contributed by atoms with van der Waals surface area (Å²) in [4.78, 5) is 12.4. The third-order valence-corrected chi connectivity index (χ3v) is 11.0. The van der Waals surface area contributed by atoms with Crippen molar-refractivity contribution in [3.05, 3.63) is 107 Å². The van der Waals surface area contributed by atoms with Crippen LogP contribution < -0.4 is 0 Å². The maximum Gasteiger partial charge on any atom is 0.317 e. The number of carbonyl (C=O) groups excluding carboxylic acids is 1. The van der Waals surface area contributed by atoms with Crippen LogP contribution in [0.2, 0.25) is 18.1 Å². The Kier molecular flexibility index (Phi) is 8.18. The van der Waals surface area contributed by atoms with Gasteiger partial charge in [-0.1, -0.05) is 94.4 Å². The number of phenolic OH excluding ortho intramolecular Hbond substituents is 1. The molecule has 0 saturated heterocycles. The Morgan fingerprint density at radius 2 is 1.40 bits per heavy atom. The smallest absolute Gasteiger partial charge is 0.317 e. The lowest BCUT2D eigenvalue weighted by molar-refractivity contribution is -0.129. The van der Waals surface area contributed by atoms with E-state index in [1.54, 1.807) is 18.2 Å². The lowest BCUT2D eigenvalue weighted by Gasteiger charge is -2.34. The first-order valence-electron chi connectivity index (χ1n) is 12.1. The van der Waals surface area contributed by atoms with E-state index in [1.807, 2.05) is 30.3 Å². The van der Waals surface area contributed by atoms with Gasteiger partial charge in [-0.25, -0.2) is 4.79 Å². The molecule has 3 aromatic rings. The van der Waals surface area contributed by atoms with Crippen LogP contribution in [0.4, 0.5) is 0 Å². The molecule has 0 aliphatic carbocycles. The molecule has 35 heavy (non-hydrogen) atoms. The Labute approximate surface area is 210 Å². The molecule has 1 N–H and O–H groups in total. The minimum Gasteiger partial charge on any atom is -0.516 e. The molecule has 0 fully saturated rings. The molecule has 4 heteroatoms. The average molecular weight is 485 g/mol. The fraction of sp³-hybridized carbons (Fsp3) is 0.258. The van der Waals surface area contributed by atoms with Crippen molar-refractivity contribution in [2.45, 2.75) is 52.2 Å². The highest BCUT2D eigenvalue weighted by molar-refractivity contribution is 6.75. The number of rotatable bonds is 7. The van der Waals surface area contributed by atoms with Gasteiger partial charge in [0, 0.05) is 6.08 Å². The van der Waals surface area contributed by atoms with E-state index in [9.17, 15) is 9.90 Å². The Morgan fingerprint density at radius 1 is 0.857 bits per heavy atom. The van der Waals surface area contributed by atoms with Gasteiger partial charge >= 0.3 is 5.97 Å². The standard InChI is InChI=1S/C31H36O3Si/c1-7-28(24-11-9-8-10-12-24)30(26-18-20-27(32)21-19-26)25-16-13-23(14-17-25)15-22-29(33)34-35(5,6)31(2,3)4/h8-22,32H,7H2,1-6H3. The van der Waals surface area contributed by atoms with Gasteiger partial charge < -0.3 is 9.53 Å². The van der Waals surface area contributed by atoms with Crippen LogP contribution in [-0.4, -0.2) is 19.4 Å². The zero-order chi connectivity index (χ0) is 25.6. The number of phenols is 1. The second-order valence-electron chi connectivity index (χ2n) is 10.3. The predicted molar refractivity (Wildman–Crippen MR) is 150 cm³/mol. The molecule has 0 atom stereocenters. The van der Waals surface area contributed by atoms with E-state index in [2.05, 4.69) is 77.2 Å². The van der Waals surface area contributed by atoms with E-state index < -0.39 is 8.32 Å². The van der Waals surface area contributed by atoms with Gasteiger partial charge in [0.05, 0.1) is 0 Å². The van der Waals surface area contributed by atoms with E-state index in [0.717, 1.165) is 28.7 Å². The highest BCUT2D eigenvalue weighted by atomic mass is 28.4. The van der Waals surface area contributed by atoms with Gasteiger partial charge in [-0.05, 0) is 76.2 Å². The van der Waals surface area contributed by atoms with Crippen LogP contribution in [0.3, 0.4) is 0 Å². The van der Waals surface area contributed by atoms with Gasteiger partial charge in [-0.15, -0.1) is 0 Å². The summed E-state index contributed by atoms with van der Waals surface area (Å²) in [6.07, 6.45) is 4.19. The summed E-state index contributed by atoms with van der Waals surface area (Å²) in [5.74, 6) is -0.0429. The fourth-order valence-electron chi connectivity index (χ4n) is 3.67. The topological polar surface area (TPSA) is 46.5 Å². The number of benzene rings is 3. The van der Waals surface area contributed by atoms with Crippen LogP contribution in [0.1, 0.15) is 56.4 Å². The van der Waals surface area contributed by atoms with Crippen molar-refractivity contribution < 1.29 is 14.3 Å². The average Bonchev–Trinajstić information content (AvgIpc) is 2.82. The first-order chi connectivity index (χ1) is 16.5. The summed E-state index contributed by atoms with van der Waals surface area (Å²) in [7, 11) is -2.15. The lowest BCUT2D eigenvalue weighted by atomic mass is 9.88. The van der Waals surface area contributed by atoms with Crippen LogP contribution in [-0.2, 0) is 9.22 Å². The zero-order valence-electron chi connectivity index (χ0n) is 21.6. The molecule has 0 aliphatic heterocycles. The SMILES string of the molecule is CCC(=C(c1ccc(O)cc1)c1ccc(C=CC(=O)O[Si](C)(C)C(C)(C)C)cc1)c1ccccc1. The van der Waals surface area contributed by atoms with Crippen molar-refractivity contribution in [3.8, 4) is 5.75 Å². The molecule has 3 rings (SSSR count). The van der Waals surface area contributed by atoms with E-state index in [-0.39, 0.29) is 16.8 Å². The minimum absolute atomic E-state index is 0.0230. The Bertz CT molecular complexity index is 1200. The highest BCUT2D eigenvalue weighted by Crippen LogP contribution is 2.37. The largest absolute Gasteiger partial charge is 0.516 e. The summed E-state index contributed by atoms with van der Waals surface area (Å²) < 4.78 is 5.83. The summed E-state index contributed by atoms with van der Waals surface area (Å²) in [6, 6.07) is 25.9. The molecule has 0 heterocycles. The van der Waals surface area contributed by atoms with Crippen LogP contribution >= 0.6 is 0 Å². The molecule has 0 amide bonds. The van der Waals surface area contributed by atoms with Crippen molar-refractivity contribution in [1.29, 1.82) is 0 Å². The summed E-state index contributed by atoms with van der Waals surface area (Å²) in [5, 5.41) is 9.80. The summed E-state index contributed by atoms with van der Waals surface area (Å²) in [6.45, 7) is 12.7. The molecule has 182 valence electrons. The van der Waals surface area contributed by atoms with Crippen molar-refractivity contribution >= 4 is 31.5 Å². The second kappa shape index (κ2) is 10.9. The fourth-order valence-corrected chi connectivity index (χ4v) is 4.55. The molecule has 0 saturated carbocycles. The Morgan fingerprint density at radius 3 is 1.91 bits per heavy atom. The van der Waals surface area contributed by atoms with Crippen molar-refractivity contribution in [1.82, 2.24) is 0 Å². The van der Waals surface area contributed by atoms with Gasteiger partial charge in [-0.2, -0.15) is 0 Å².